The van der Waals surface area contributed by atoms with Crippen LogP contribution in [0.1, 0.15) is 12.2 Å². The van der Waals surface area contributed by atoms with E-state index in [-0.39, 0.29) is 12.1 Å². The number of hydrogen-bond acceptors (Lipinski definition) is 8. The molecule has 0 bridgehead atoms. The highest BCUT2D eigenvalue weighted by atomic mass is 16.5. The summed E-state index contributed by atoms with van der Waals surface area (Å²) in [5.41, 5.74) is 0.794. The van der Waals surface area contributed by atoms with Crippen molar-refractivity contribution in [3.05, 3.63) is 42.4 Å². The standard InChI is InChI=1S/C21H27N5O3/c1-25(2)11-14-8-15(27)12-26(14)20-9-19(23-13-24-20)22-10-18-21(28-3)16-6-4-5-7-17(16)29-18/h4-7,9,13-15,27H,8,10-12H2,1-3H3,(H,22,23,24)/t14-,15-/m1/s1. The van der Waals surface area contributed by atoms with Gasteiger partial charge in [-0.15, -0.1) is 0 Å². The van der Waals surface area contributed by atoms with E-state index in [2.05, 4.69) is 25.1 Å². The summed E-state index contributed by atoms with van der Waals surface area (Å²) >= 11 is 0. The predicted molar refractivity (Wildman–Crippen MR) is 112 cm³/mol. The Bertz CT molecular complexity index is 974. The molecule has 0 unspecified atom stereocenters. The Labute approximate surface area is 170 Å². The number of aliphatic hydroxyl groups excluding tert-OH is 1. The normalized spacial score (nSPS) is 19.3. The largest absolute Gasteiger partial charge is 0.492 e. The molecule has 1 fully saturated rings. The van der Waals surface area contributed by atoms with Crippen molar-refractivity contribution < 1.29 is 14.3 Å². The van der Waals surface area contributed by atoms with Crippen molar-refractivity contribution in [1.29, 1.82) is 0 Å². The minimum absolute atomic E-state index is 0.221. The molecule has 8 nitrogen and oxygen atoms in total. The molecule has 0 radical (unpaired) electrons. The van der Waals surface area contributed by atoms with E-state index >= 15 is 0 Å². The molecule has 2 N–H and O–H groups in total. The number of likely N-dealkylation sites (N-methyl/N-ethyl adjacent to an activating group) is 1. The van der Waals surface area contributed by atoms with Gasteiger partial charge < -0.3 is 29.4 Å². The van der Waals surface area contributed by atoms with Crippen molar-refractivity contribution in [2.24, 2.45) is 0 Å². The summed E-state index contributed by atoms with van der Waals surface area (Å²) in [7, 11) is 5.72. The first-order chi connectivity index (χ1) is 14.0. The Morgan fingerprint density at radius 3 is 2.93 bits per heavy atom. The number of nitrogens with one attached hydrogen (secondary N) is 1. The molecular formula is C21H27N5O3. The third-order valence-electron chi connectivity index (χ3n) is 5.17. The van der Waals surface area contributed by atoms with Gasteiger partial charge in [0.25, 0.3) is 0 Å². The average molecular weight is 397 g/mol. The van der Waals surface area contributed by atoms with Crippen LogP contribution in [-0.4, -0.2) is 66.4 Å². The maximum Gasteiger partial charge on any atom is 0.169 e. The van der Waals surface area contributed by atoms with Crippen LogP contribution in [0.4, 0.5) is 11.6 Å². The zero-order valence-electron chi connectivity index (χ0n) is 17.0. The van der Waals surface area contributed by atoms with Gasteiger partial charge in [-0.25, -0.2) is 9.97 Å². The molecule has 1 saturated heterocycles. The molecule has 3 aromatic rings. The fraction of sp³-hybridized carbons (Fsp3) is 0.429. The Hall–Kier alpha value is -2.84. The lowest BCUT2D eigenvalue weighted by Crippen LogP contribution is -2.38. The van der Waals surface area contributed by atoms with Crippen molar-refractivity contribution in [1.82, 2.24) is 14.9 Å². The number of para-hydroxylation sites is 1. The van der Waals surface area contributed by atoms with Crippen molar-refractivity contribution in [2.45, 2.75) is 25.1 Å². The van der Waals surface area contributed by atoms with Crippen LogP contribution in [0, 0.1) is 0 Å². The topological polar surface area (TPSA) is 86.9 Å². The zero-order valence-corrected chi connectivity index (χ0v) is 17.0. The zero-order chi connectivity index (χ0) is 20.4. The van der Waals surface area contributed by atoms with E-state index in [0.717, 1.165) is 41.3 Å². The van der Waals surface area contributed by atoms with Crippen LogP contribution in [0.15, 0.2) is 41.1 Å². The van der Waals surface area contributed by atoms with E-state index in [9.17, 15) is 5.11 Å². The van der Waals surface area contributed by atoms with Crippen LogP contribution < -0.4 is 15.0 Å². The maximum atomic E-state index is 10.1. The molecule has 1 aliphatic rings. The molecule has 0 aliphatic carbocycles. The number of fused-ring (bicyclic) bond motifs is 1. The van der Waals surface area contributed by atoms with Gasteiger partial charge in [-0.05, 0) is 32.6 Å². The first kappa shape index (κ1) is 19.5. The number of ether oxygens (including phenoxy) is 1. The molecule has 4 rings (SSSR count). The van der Waals surface area contributed by atoms with Gasteiger partial charge >= 0.3 is 0 Å². The molecule has 3 heterocycles. The quantitative estimate of drug-likeness (QED) is 0.628. The van der Waals surface area contributed by atoms with E-state index < -0.39 is 0 Å². The summed E-state index contributed by atoms with van der Waals surface area (Å²) in [6, 6.07) is 9.94. The summed E-state index contributed by atoms with van der Waals surface area (Å²) in [5, 5.41) is 14.4. The van der Waals surface area contributed by atoms with Gasteiger partial charge in [0.1, 0.15) is 23.5 Å². The molecule has 2 aromatic heterocycles. The molecule has 2 atom stereocenters. The minimum Gasteiger partial charge on any atom is -0.492 e. The lowest BCUT2D eigenvalue weighted by atomic mass is 10.2. The molecule has 29 heavy (non-hydrogen) atoms. The Kier molecular flexibility index (Phi) is 5.55. The van der Waals surface area contributed by atoms with Crippen molar-refractivity contribution >= 4 is 22.6 Å². The molecule has 8 heteroatoms. The second-order valence-corrected chi connectivity index (χ2v) is 7.63. The van der Waals surface area contributed by atoms with Crippen molar-refractivity contribution in [3.63, 3.8) is 0 Å². The Morgan fingerprint density at radius 1 is 1.31 bits per heavy atom. The van der Waals surface area contributed by atoms with Gasteiger partial charge in [0, 0.05) is 25.2 Å². The number of methoxy groups -OCH3 is 1. The highest BCUT2D eigenvalue weighted by Crippen LogP contribution is 2.33. The minimum atomic E-state index is -0.342. The average Bonchev–Trinajstić information content (AvgIpc) is 3.25. The van der Waals surface area contributed by atoms with Crippen LogP contribution in [-0.2, 0) is 6.54 Å². The maximum absolute atomic E-state index is 10.1. The Balaban J connectivity index is 1.51. The second-order valence-electron chi connectivity index (χ2n) is 7.63. The number of nitrogens with zero attached hydrogens (tertiary/aromatic N) is 4. The van der Waals surface area contributed by atoms with E-state index in [1.807, 2.05) is 44.4 Å². The first-order valence-electron chi connectivity index (χ1n) is 9.75. The summed E-state index contributed by atoms with van der Waals surface area (Å²) in [6.07, 6.45) is 1.94. The van der Waals surface area contributed by atoms with Crippen LogP contribution in [0.25, 0.3) is 11.0 Å². The van der Waals surface area contributed by atoms with Gasteiger partial charge in [-0.1, -0.05) is 12.1 Å². The van der Waals surface area contributed by atoms with Crippen LogP contribution in [0.3, 0.4) is 0 Å². The number of benzene rings is 1. The highest BCUT2D eigenvalue weighted by molar-refractivity contribution is 5.85. The number of furan rings is 1. The molecule has 0 saturated carbocycles. The molecule has 154 valence electrons. The molecule has 1 aliphatic heterocycles. The smallest absolute Gasteiger partial charge is 0.169 e. The Morgan fingerprint density at radius 2 is 2.14 bits per heavy atom. The van der Waals surface area contributed by atoms with Gasteiger partial charge in [0.05, 0.1) is 25.1 Å². The second kappa shape index (κ2) is 8.26. The lowest BCUT2D eigenvalue weighted by Gasteiger charge is -2.27. The monoisotopic (exact) mass is 397 g/mol. The van der Waals surface area contributed by atoms with E-state index in [4.69, 9.17) is 9.15 Å². The third kappa shape index (κ3) is 4.13. The first-order valence-corrected chi connectivity index (χ1v) is 9.75. The van der Waals surface area contributed by atoms with Crippen molar-refractivity contribution in [2.75, 3.05) is 44.5 Å². The number of aliphatic hydroxyl groups is 1. The molecule has 0 spiro atoms. The molecule has 0 amide bonds. The van der Waals surface area contributed by atoms with Crippen molar-refractivity contribution in [3.8, 4) is 5.75 Å². The van der Waals surface area contributed by atoms with Gasteiger partial charge in [-0.2, -0.15) is 0 Å². The van der Waals surface area contributed by atoms with Crippen LogP contribution in [0.5, 0.6) is 5.75 Å². The number of β-amino-alcohol motifs (C(OH)–C–C–N with tert-alkyl or cyclic N) is 1. The summed E-state index contributed by atoms with van der Waals surface area (Å²) in [6.45, 7) is 1.88. The number of hydrogen-bond donors (Lipinski definition) is 2. The highest BCUT2D eigenvalue weighted by Gasteiger charge is 2.32. The fourth-order valence-electron chi connectivity index (χ4n) is 3.95. The number of rotatable bonds is 7. The molecule has 1 aromatic carbocycles. The SMILES string of the molecule is COc1c(CNc2cc(N3C[C@H](O)C[C@@H]3CN(C)C)ncn2)oc2ccccc12. The van der Waals surface area contributed by atoms with Gasteiger partial charge in [0.15, 0.2) is 11.5 Å². The van der Waals surface area contributed by atoms with Crippen LogP contribution >= 0.6 is 0 Å². The summed E-state index contributed by atoms with van der Waals surface area (Å²) in [5.74, 6) is 2.96. The predicted octanol–water partition coefficient (Wildman–Crippen LogP) is 2.34. The van der Waals surface area contributed by atoms with E-state index in [1.165, 1.54) is 0 Å². The van der Waals surface area contributed by atoms with Gasteiger partial charge in [-0.3, -0.25) is 0 Å². The number of aromatic nitrogens is 2. The van der Waals surface area contributed by atoms with E-state index in [0.29, 0.717) is 18.9 Å². The third-order valence-corrected chi connectivity index (χ3v) is 5.17. The van der Waals surface area contributed by atoms with Crippen LogP contribution in [0.2, 0.25) is 0 Å². The summed E-state index contributed by atoms with van der Waals surface area (Å²) < 4.78 is 11.5. The lowest BCUT2D eigenvalue weighted by molar-refractivity contribution is 0.191. The molecular weight excluding hydrogens is 370 g/mol. The number of anilines is 2. The van der Waals surface area contributed by atoms with E-state index in [1.54, 1.807) is 13.4 Å². The summed E-state index contributed by atoms with van der Waals surface area (Å²) in [4.78, 5) is 13.1. The fourth-order valence-corrected chi connectivity index (χ4v) is 3.95. The van der Waals surface area contributed by atoms with Gasteiger partial charge in [0.2, 0.25) is 0 Å².